The Morgan fingerprint density at radius 3 is 2.00 bits per heavy atom. The van der Waals surface area contributed by atoms with Crippen LogP contribution in [0, 0.1) is 20.8 Å². The molecule has 31 heavy (non-hydrogen) atoms. The van der Waals surface area contributed by atoms with Crippen molar-refractivity contribution in [3.63, 3.8) is 0 Å². The molecule has 0 amide bonds. The van der Waals surface area contributed by atoms with Crippen molar-refractivity contribution in [2.24, 2.45) is 0 Å². The van der Waals surface area contributed by atoms with Gasteiger partial charge in [-0.15, -0.1) is 0 Å². The Bertz CT molecular complexity index is 1160. The van der Waals surface area contributed by atoms with Crippen molar-refractivity contribution in [2.75, 3.05) is 14.2 Å². The monoisotopic (exact) mass is 435 g/mol. The maximum absolute atomic E-state index is 13.5. The van der Waals surface area contributed by atoms with Crippen molar-refractivity contribution in [1.82, 2.24) is 0 Å². The largest absolute Gasteiger partial charge is 0.492 e. The number of carbonyl (C=O) groups is 2. The van der Waals surface area contributed by atoms with Crippen molar-refractivity contribution in [2.45, 2.75) is 20.8 Å². The van der Waals surface area contributed by atoms with E-state index >= 15 is 0 Å². The average Bonchev–Trinajstić information content (AvgIpc) is 2.76. The normalized spacial score (nSPS) is 11.1. The highest BCUT2D eigenvalue weighted by Gasteiger charge is 2.42. The maximum atomic E-state index is 13.5. The SMILES string of the molecule is COc1ccc(C(=O)c2ccccc2)c(OC)c1[P+](=O)C(=O)c1c(C)cc(C)cc1C. The summed E-state index contributed by atoms with van der Waals surface area (Å²) in [6.07, 6.45) is 0. The highest BCUT2D eigenvalue weighted by Crippen LogP contribution is 2.39. The second-order valence-electron chi connectivity index (χ2n) is 7.27. The number of rotatable bonds is 7. The molecule has 0 aliphatic carbocycles. The third-order valence-electron chi connectivity index (χ3n) is 5.08. The lowest BCUT2D eigenvalue weighted by atomic mass is 10.0. The van der Waals surface area contributed by atoms with Crippen molar-refractivity contribution >= 4 is 24.4 Å². The summed E-state index contributed by atoms with van der Waals surface area (Å²) < 4.78 is 24.4. The first-order valence-corrected chi connectivity index (χ1v) is 11.0. The Kier molecular flexibility index (Phi) is 6.67. The van der Waals surface area contributed by atoms with E-state index in [1.54, 1.807) is 36.4 Å². The van der Waals surface area contributed by atoms with Crippen LogP contribution in [0.25, 0.3) is 0 Å². The summed E-state index contributed by atoms with van der Waals surface area (Å²) in [6.45, 7) is 5.58. The van der Waals surface area contributed by atoms with Gasteiger partial charge in [0, 0.05) is 5.56 Å². The van der Waals surface area contributed by atoms with E-state index in [4.69, 9.17) is 9.47 Å². The van der Waals surface area contributed by atoms with Crippen molar-refractivity contribution in [3.8, 4) is 11.5 Å². The van der Waals surface area contributed by atoms with Gasteiger partial charge in [-0.3, -0.25) is 4.79 Å². The van der Waals surface area contributed by atoms with Crippen LogP contribution in [0.15, 0.2) is 54.6 Å². The number of benzene rings is 3. The Balaban J connectivity index is 2.17. The molecule has 0 aliphatic rings. The van der Waals surface area contributed by atoms with Crippen LogP contribution in [0.3, 0.4) is 0 Å². The number of carbonyl (C=O) groups excluding carboxylic acids is 2. The lowest BCUT2D eigenvalue weighted by Gasteiger charge is -2.11. The standard InChI is InChI=1S/C25H24O5P/c1-15-13-16(2)21(17(3)14-15)25(27)31(28)24-20(29-4)12-11-19(23(24)30-5)22(26)18-9-7-6-8-10-18/h6-14H,1-5H3/q+1. The predicted molar refractivity (Wildman–Crippen MR) is 122 cm³/mol. The van der Waals surface area contributed by atoms with E-state index in [1.165, 1.54) is 14.2 Å². The summed E-state index contributed by atoms with van der Waals surface area (Å²) >= 11 is 0. The van der Waals surface area contributed by atoms with E-state index in [1.807, 2.05) is 39.0 Å². The topological polar surface area (TPSA) is 69.7 Å². The van der Waals surface area contributed by atoms with E-state index in [2.05, 4.69) is 0 Å². The summed E-state index contributed by atoms with van der Waals surface area (Å²) in [5, 5.41) is 0.0890. The van der Waals surface area contributed by atoms with E-state index in [0.717, 1.165) is 16.7 Å². The number of hydrogen-bond acceptors (Lipinski definition) is 5. The third-order valence-corrected chi connectivity index (χ3v) is 6.50. The van der Waals surface area contributed by atoms with Gasteiger partial charge in [-0.25, -0.2) is 4.79 Å². The second kappa shape index (κ2) is 9.23. The van der Waals surface area contributed by atoms with Gasteiger partial charge in [0.2, 0.25) is 0 Å². The van der Waals surface area contributed by atoms with Gasteiger partial charge in [0.05, 0.1) is 25.3 Å². The molecular weight excluding hydrogens is 411 g/mol. The number of ketones is 1. The van der Waals surface area contributed by atoms with Crippen LogP contribution < -0.4 is 14.8 Å². The fraction of sp³-hybridized carbons (Fsp3) is 0.200. The number of hydrogen-bond donors (Lipinski definition) is 0. The van der Waals surface area contributed by atoms with Gasteiger partial charge in [0.25, 0.3) is 5.30 Å². The average molecular weight is 435 g/mol. The molecule has 3 rings (SSSR count). The summed E-state index contributed by atoms with van der Waals surface area (Å²) in [5.41, 5.74) is 3.09. The molecule has 0 aromatic heterocycles. The molecule has 3 aromatic rings. The molecule has 0 aliphatic heterocycles. The zero-order chi connectivity index (χ0) is 22.7. The van der Waals surface area contributed by atoms with Gasteiger partial charge < -0.3 is 9.47 Å². The van der Waals surface area contributed by atoms with Gasteiger partial charge in [0.1, 0.15) is 0 Å². The molecule has 0 bridgehead atoms. The highest BCUT2D eigenvalue weighted by molar-refractivity contribution is 7.72. The molecule has 158 valence electrons. The Morgan fingerprint density at radius 2 is 1.45 bits per heavy atom. The smallest absolute Gasteiger partial charge is 0.466 e. The van der Waals surface area contributed by atoms with Gasteiger partial charge in [-0.2, -0.15) is 0 Å². The van der Waals surface area contributed by atoms with Crippen molar-refractivity contribution < 1.29 is 23.6 Å². The number of aryl methyl sites for hydroxylation is 3. The molecule has 1 atom stereocenters. The van der Waals surface area contributed by atoms with Crippen LogP contribution in [-0.2, 0) is 4.57 Å². The van der Waals surface area contributed by atoms with Crippen LogP contribution in [0.1, 0.15) is 43.0 Å². The van der Waals surface area contributed by atoms with E-state index in [0.29, 0.717) is 11.1 Å². The van der Waals surface area contributed by atoms with Crippen LogP contribution in [0.4, 0.5) is 0 Å². The van der Waals surface area contributed by atoms with Gasteiger partial charge in [-0.1, -0.05) is 52.6 Å². The van der Waals surface area contributed by atoms with E-state index in [9.17, 15) is 14.2 Å². The van der Waals surface area contributed by atoms with Gasteiger partial charge in [0.15, 0.2) is 17.3 Å². The molecule has 3 aromatic carbocycles. The summed E-state index contributed by atoms with van der Waals surface area (Å²) in [7, 11) is 0.199. The minimum absolute atomic E-state index is 0.0880. The summed E-state index contributed by atoms with van der Waals surface area (Å²) in [4.78, 5) is 26.4. The molecule has 5 nitrogen and oxygen atoms in total. The van der Waals surface area contributed by atoms with Crippen molar-refractivity contribution in [3.05, 3.63) is 88.0 Å². The quantitative estimate of drug-likeness (QED) is 0.379. The zero-order valence-electron chi connectivity index (χ0n) is 18.2. The third kappa shape index (κ3) is 4.28. The van der Waals surface area contributed by atoms with Gasteiger partial charge >= 0.3 is 13.3 Å². The molecular formula is C25H24O5P+. The maximum Gasteiger partial charge on any atom is 0.466 e. The van der Waals surface area contributed by atoms with Gasteiger partial charge in [-0.05, 0) is 44.0 Å². The molecule has 1 unspecified atom stereocenters. The molecule has 0 fully saturated rings. The minimum atomic E-state index is -2.61. The van der Waals surface area contributed by atoms with Crippen molar-refractivity contribution in [1.29, 1.82) is 0 Å². The Morgan fingerprint density at radius 1 is 0.839 bits per heavy atom. The molecule has 0 heterocycles. The van der Waals surface area contributed by atoms with Crippen LogP contribution in [0.5, 0.6) is 11.5 Å². The number of ether oxygens (including phenoxy) is 2. The predicted octanol–water partition coefficient (Wildman–Crippen LogP) is 5.15. The van der Waals surface area contributed by atoms with Crippen LogP contribution >= 0.6 is 7.80 Å². The zero-order valence-corrected chi connectivity index (χ0v) is 19.1. The fourth-order valence-electron chi connectivity index (χ4n) is 3.76. The number of methoxy groups -OCH3 is 2. The second-order valence-corrected chi connectivity index (χ2v) is 8.71. The van der Waals surface area contributed by atoms with Crippen LogP contribution in [-0.4, -0.2) is 25.5 Å². The van der Waals surface area contributed by atoms with E-state index in [-0.39, 0.29) is 28.2 Å². The lowest BCUT2D eigenvalue weighted by molar-refractivity contribution is 0.103. The first-order chi connectivity index (χ1) is 14.8. The molecule has 0 saturated carbocycles. The lowest BCUT2D eigenvalue weighted by Crippen LogP contribution is -2.16. The molecule has 0 N–H and O–H groups in total. The Hall–Kier alpha value is -3.30. The molecule has 0 spiro atoms. The highest BCUT2D eigenvalue weighted by atomic mass is 31.1. The van der Waals surface area contributed by atoms with Crippen LogP contribution in [0.2, 0.25) is 0 Å². The molecule has 6 heteroatoms. The first kappa shape index (κ1) is 22.4. The summed E-state index contributed by atoms with van der Waals surface area (Å²) in [6, 6.07) is 15.6. The fourth-order valence-corrected chi connectivity index (χ4v) is 5.28. The molecule has 0 radical (unpaired) electrons. The molecule has 0 saturated heterocycles. The minimum Gasteiger partial charge on any atom is -0.492 e. The van der Waals surface area contributed by atoms with E-state index < -0.39 is 13.3 Å². The first-order valence-electron chi connectivity index (χ1n) is 9.74. The summed E-state index contributed by atoms with van der Waals surface area (Å²) in [5.74, 6) is 0.0309. The Labute approximate surface area is 182 Å².